The molecule has 0 saturated heterocycles. The van der Waals surface area contributed by atoms with Gasteiger partial charge in [0.15, 0.2) is 5.75 Å². The Morgan fingerprint density at radius 3 is 2.50 bits per heavy atom. The number of phenols is 1. The van der Waals surface area contributed by atoms with Crippen LogP contribution in [0.1, 0.15) is 15.9 Å². The van der Waals surface area contributed by atoms with Crippen LogP contribution >= 0.6 is 23.2 Å². The lowest BCUT2D eigenvalue weighted by Crippen LogP contribution is -2.08. The largest absolute Gasteiger partial charge is 0.508 e. The highest BCUT2D eigenvalue weighted by molar-refractivity contribution is 6.37. The Hall–Kier alpha value is -2.70. The van der Waals surface area contributed by atoms with Gasteiger partial charge in [-0.3, -0.25) is 0 Å². The van der Waals surface area contributed by atoms with Crippen molar-refractivity contribution in [2.45, 2.75) is 6.61 Å². The third-order valence-electron chi connectivity index (χ3n) is 3.61. The van der Waals surface area contributed by atoms with E-state index in [-0.39, 0.29) is 39.3 Å². The molecule has 0 bridgehead atoms. The molecule has 1 N–H and O–H groups in total. The van der Waals surface area contributed by atoms with Crippen molar-refractivity contribution in [3.05, 3.63) is 68.0 Å². The summed E-state index contributed by atoms with van der Waals surface area (Å²) in [5.41, 5.74) is 0.157. The molecule has 0 aliphatic carbocycles. The summed E-state index contributed by atoms with van der Waals surface area (Å²) in [4.78, 5) is 23.9. The summed E-state index contributed by atoms with van der Waals surface area (Å²) in [6.45, 7) is -0.174. The van der Waals surface area contributed by atoms with Gasteiger partial charge in [0.2, 0.25) is 0 Å². The molecule has 6 nitrogen and oxygen atoms in total. The lowest BCUT2D eigenvalue weighted by atomic mass is 10.1. The zero-order chi connectivity index (χ0) is 18.8. The van der Waals surface area contributed by atoms with Crippen LogP contribution in [0.2, 0.25) is 10.0 Å². The highest BCUT2D eigenvalue weighted by Gasteiger charge is 2.16. The maximum atomic E-state index is 12.3. The van der Waals surface area contributed by atoms with Crippen LogP contribution in [0.3, 0.4) is 0 Å². The van der Waals surface area contributed by atoms with E-state index in [9.17, 15) is 14.7 Å². The van der Waals surface area contributed by atoms with E-state index in [4.69, 9.17) is 37.1 Å². The molecule has 3 rings (SSSR count). The third-order valence-corrected chi connectivity index (χ3v) is 4.17. The van der Waals surface area contributed by atoms with Crippen LogP contribution in [0.15, 0.2) is 45.6 Å². The number of hydrogen-bond donors (Lipinski definition) is 1. The second kappa shape index (κ2) is 7.27. The Kier molecular flexibility index (Phi) is 5.06. The summed E-state index contributed by atoms with van der Waals surface area (Å²) in [6.07, 6.45) is 0. The van der Waals surface area contributed by atoms with Gasteiger partial charge < -0.3 is 19.0 Å². The van der Waals surface area contributed by atoms with E-state index in [0.717, 1.165) is 0 Å². The molecule has 0 spiro atoms. The molecule has 0 radical (unpaired) electrons. The van der Waals surface area contributed by atoms with Crippen molar-refractivity contribution >= 4 is 40.1 Å². The topological polar surface area (TPSA) is 86.0 Å². The van der Waals surface area contributed by atoms with E-state index in [1.54, 1.807) is 6.07 Å². The summed E-state index contributed by atoms with van der Waals surface area (Å²) < 4.78 is 15.3. The average Bonchev–Trinajstić information content (AvgIpc) is 2.58. The second-order valence-electron chi connectivity index (χ2n) is 5.32. The lowest BCUT2D eigenvalue weighted by molar-refractivity contribution is 0.0474. The molecule has 2 aromatic carbocycles. The number of halogens is 2. The first-order valence-electron chi connectivity index (χ1n) is 7.35. The fraction of sp³-hybridized carbons (Fsp3) is 0.111. The molecule has 1 heterocycles. The Bertz CT molecular complexity index is 1030. The van der Waals surface area contributed by atoms with Gasteiger partial charge in [0.25, 0.3) is 0 Å². The van der Waals surface area contributed by atoms with Crippen molar-refractivity contribution < 1.29 is 23.8 Å². The van der Waals surface area contributed by atoms with Crippen LogP contribution in [-0.2, 0) is 11.3 Å². The van der Waals surface area contributed by atoms with Gasteiger partial charge >= 0.3 is 11.6 Å². The summed E-state index contributed by atoms with van der Waals surface area (Å²) in [5, 5.41) is 10.4. The van der Waals surface area contributed by atoms with Gasteiger partial charge in [0, 0.05) is 23.1 Å². The molecule has 1 aromatic heterocycles. The van der Waals surface area contributed by atoms with Crippen molar-refractivity contribution in [3.8, 4) is 11.5 Å². The molecular weight excluding hydrogens is 383 g/mol. The monoisotopic (exact) mass is 394 g/mol. The van der Waals surface area contributed by atoms with E-state index in [1.807, 2.05) is 0 Å². The number of methoxy groups -OCH3 is 1. The molecule has 134 valence electrons. The first-order valence-corrected chi connectivity index (χ1v) is 8.10. The van der Waals surface area contributed by atoms with E-state index in [2.05, 4.69) is 0 Å². The number of carbonyl (C=O) groups excluding carboxylic acids is 1. The number of phenolic OH excluding ortho intramolecular Hbond substituents is 1. The molecule has 0 aliphatic heterocycles. The van der Waals surface area contributed by atoms with Gasteiger partial charge in [0.1, 0.15) is 17.9 Å². The molecule has 8 heteroatoms. The van der Waals surface area contributed by atoms with Crippen LogP contribution in [0, 0.1) is 0 Å². The number of esters is 1. The zero-order valence-corrected chi connectivity index (χ0v) is 14.9. The van der Waals surface area contributed by atoms with Crippen LogP contribution < -0.4 is 10.4 Å². The summed E-state index contributed by atoms with van der Waals surface area (Å²) >= 11 is 12.0. The number of fused-ring (bicyclic) bond motifs is 1. The highest BCUT2D eigenvalue weighted by atomic mass is 35.5. The molecule has 0 amide bonds. The molecule has 0 unspecified atom stereocenters. The predicted molar refractivity (Wildman–Crippen MR) is 96.3 cm³/mol. The number of carbonyl (C=O) groups is 1. The van der Waals surface area contributed by atoms with E-state index in [1.165, 1.54) is 37.4 Å². The van der Waals surface area contributed by atoms with Crippen molar-refractivity contribution in [2.24, 2.45) is 0 Å². The second-order valence-corrected chi connectivity index (χ2v) is 6.13. The van der Waals surface area contributed by atoms with Crippen LogP contribution in [0.4, 0.5) is 0 Å². The maximum Gasteiger partial charge on any atom is 0.338 e. The average molecular weight is 395 g/mol. The minimum absolute atomic E-state index is 0.0442. The van der Waals surface area contributed by atoms with Crippen LogP contribution in [0.5, 0.6) is 11.5 Å². The van der Waals surface area contributed by atoms with Crippen molar-refractivity contribution in [1.82, 2.24) is 0 Å². The molecular formula is C18H12Cl2O6. The Morgan fingerprint density at radius 2 is 1.85 bits per heavy atom. The first kappa shape index (κ1) is 18.1. The van der Waals surface area contributed by atoms with Crippen LogP contribution in [0.25, 0.3) is 11.0 Å². The predicted octanol–water partition coefficient (Wildman–Crippen LogP) is 4.17. The smallest absolute Gasteiger partial charge is 0.338 e. The standard InChI is InChI=1S/C18H12Cl2O6/c1-24-17-13(19)4-9(5-14(17)20)18(23)25-8-10-6-16(22)26-15-7-11(21)2-3-12(10)15/h2-7,21H,8H2,1H3. The Balaban J connectivity index is 1.86. The number of ether oxygens (including phenoxy) is 2. The molecule has 0 saturated carbocycles. The molecule has 0 aliphatic rings. The minimum atomic E-state index is -0.670. The number of hydrogen-bond acceptors (Lipinski definition) is 6. The molecule has 0 fully saturated rings. The van der Waals surface area contributed by atoms with Gasteiger partial charge in [-0.15, -0.1) is 0 Å². The van der Waals surface area contributed by atoms with E-state index < -0.39 is 11.6 Å². The van der Waals surface area contributed by atoms with E-state index >= 15 is 0 Å². The summed E-state index contributed by atoms with van der Waals surface area (Å²) in [6, 6.07) is 8.30. The number of rotatable bonds is 4. The Morgan fingerprint density at radius 1 is 1.15 bits per heavy atom. The molecule has 26 heavy (non-hydrogen) atoms. The van der Waals surface area contributed by atoms with Gasteiger partial charge in [-0.05, 0) is 24.3 Å². The lowest BCUT2D eigenvalue weighted by Gasteiger charge is -2.10. The van der Waals surface area contributed by atoms with E-state index in [0.29, 0.717) is 10.9 Å². The molecule has 3 aromatic rings. The fourth-order valence-electron chi connectivity index (χ4n) is 2.44. The molecule has 0 atom stereocenters. The Labute approximate surface area is 157 Å². The summed E-state index contributed by atoms with van der Waals surface area (Å²) in [7, 11) is 1.41. The van der Waals surface area contributed by atoms with Gasteiger partial charge in [-0.25, -0.2) is 9.59 Å². The quantitative estimate of drug-likeness (QED) is 0.527. The third kappa shape index (κ3) is 3.61. The maximum absolute atomic E-state index is 12.3. The SMILES string of the molecule is COc1c(Cl)cc(C(=O)OCc2cc(=O)oc3cc(O)ccc23)cc1Cl. The summed E-state index contributed by atoms with van der Waals surface area (Å²) in [5.74, 6) is -0.453. The van der Waals surface area contributed by atoms with Gasteiger partial charge in [-0.2, -0.15) is 0 Å². The number of benzene rings is 2. The first-order chi connectivity index (χ1) is 12.4. The number of aromatic hydroxyl groups is 1. The fourth-order valence-corrected chi connectivity index (χ4v) is 3.08. The normalized spacial score (nSPS) is 10.7. The van der Waals surface area contributed by atoms with Gasteiger partial charge in [-0.1, -0.05) is 23.2 Å². The van der Waals surface area contributed by atoms with Crippen molar-refractivity contribution in [3.63, 3.8) is 0 Å². The van der Waals surface area contributed by atoms with Gasteiger partial charge in [0.05, 0.1) is 22.7 Å². The minimum Gasteiger partial charge on any atom is -0.508 e. The van der Waals surface area contributed by atoms with Crippen LogP contribution in [-0.4, -0.2) is 18.2 Å². The van der Waals surface area contributed by atoms with Crippen molar-refractivity contribution in [2.75, 3.05) is 7.11 Å². The zero-order valence-electron chi connectivity index (χ0n) is 13.4. The van der Waals surface area contributed by atoms with Crippen molar-refractivity contribution in [1.29, 1.82) is 0 Å². The highest BCUT2D eigenvalue weighted by Crippen LogP contribution is 2.34.